The second kappa shape index (κ2) is 6.62. The summed E-state index contributed by atoms with van der Waals surface area (Å²) in [4.78, 5) is 0. The van der Waals surface area contributed by atoms with Crippen LogP contribution < -0.4 is 5.32 Å². The van der Waals surface area contributed by atoms with Crippen LogP contribution in [0.5, 0.6) is 0 Å². The minimum atomic E-state index is 0.823. The van der Waals surface area contributed by atoms with E-state index in [4.69, 9.17) is 4.74 Å². The Bertz CT molecular complexity index is 91.3. The molecule has 60 valence electrons. The molecule has 0 aliphatic heterocycles. The molecule has 2 heteroatoms. The van der Waals surface area contributed by atoms with E-state index in [-0.39, 0.29) is 0 Å². The Kier molecular flexibility index (Phi) is 6.29. The molecule has 0 saturated carbocycles. The van der Waals surface area contributed by atoms with Gasteiger partial charge >= 0.3 is 0 Å². The van der Waals surface area contributed by atoms with Crippen LogP contribution in [0.4, 0.5) is 0 Å². The lowest BCUT2D eigenvalue weighted by molar-refractivity contribution is 0.195. The summed E-state index contributed by atoms with van der Waals surface area (Å²) in [6.45, 7) is 7.70. The number of nitrogens with one attached hydrogen (secondary N) is 1. The number of hydrogen-bond donors (Lipinski definition) is 1. The molecule has 0 aromatic carbocycles. The Labute approximate surface area is 63.3 Å². The van der Waals surface area contributed by atoms with Gasteiger partial charge in [-0.15, -0.1) is 0 Å². The van der Waals surface area contributed by atoms with Gasteiger partial charge in [0, 0.05) is 26.0 Å². The molecule has 0 aromatic rings. The molecule has 0 aliphatic carbocycles. The molecule has 0 atom stereocenters. The average Bonchev–Trinajstić information content (AvgIpc) is 1.98. The van der Waals surface area contributed by atoms with Gasteiger partial charge in [0.1, 0.15) is 0 Å². The van der Waals surface area contributed by atoms with Crippen molar-refractivity contribution in [2.75, 3.05) is 20.3 Å². The molecule has 10 heavy (non-hydrogen) atoms. The van der Waals surface area contributed by atoms with Crippen LogP contribution in [0.25, 0.3) is 0 Å². The zero-order valence-corrected chi connectivity index (χ0v) is 6.94. The minimum absolute atomic E-state index is 0.823. The molecule has 1 N–H and O–H groups in total. The fourth-order valence-corrected chi connectivity index (χ4v) is 0.607. The van der Waals surface area contributed by atoms with Crippen molar-refractivity contribution in [3.8, 4) is 0 Å². The highest BCUT2D eigenvalue weighted by molar-refractivity contribution is 4.88. The van der Waals surface area contributed by atoms with Gasteiger partial charge in [-0.05, 0) is 12.8 Å². The summed E-state index contributed by atoms with van der Waals surface area (Å²) >= 11 is 0. The second-order valence-corrected chi connectivity index (χ2v) is 2.23. The third-order valence-electron chi connectivity index (χ3n) is 1.33. The number of rotatable bonds is 6. The standard InChI is InChI=1S/C8H17NO/c1-4-8(2)9-6-5-7-10-3/h9H,2,4-7H2,1,3H3. The van der Waals surface area contributed by atoms with Gasteiger partial charge in [-0.25, -0.2) is 0 Å². The first-order valence-electron chi connectivity index (χ1n) is 3.71. The van der Waals surface area contributed by atoms with Crippen LogP contribution in [0.3, 0.4) is 0 Å². The molecule has 0 rings (SSSR count). The summed E-state index contributed by atoms with van der Waals surface area (Å²) in [5.74, 6) is 0. The van der Waals surface area contributed by atoms with E-state index in [9.17, 15) is 0 Å². The molecule has 0 fully saturated rings. The van der Waals surface area contributed by atoms with E-state index in [1.807, 2.05) is 0 Å². The number of ether oxygens (including phenoxy) is 1. The van der Waals surface area contributed by atoms with Crippen LogP contribution in [-0.2, 0) is 4.74 Å². The van der Waals surface area contributed by atoms with E-state index in [2.05, 4.69) is 18.8 Å². The van der Waals surface area contributed by atoms with E-state index in [0.717, 1.165) is 31.7 Å². The van der Waals surface area contributed by atoms with Gasteiger partial charge in [0.05, 0.1) is 0 Å². The summed E-state index contributed by atoms with van der Waals surface area (Å²) in [5, 5.41) is 3.19. The Morgan fingerprint density at radius 2 is 2.30 bits per heavy atom. The summed E-state index contributed by atoms with van der Waals surface area (Å²) in [5.41, 5.74) is 1.11. The molecule has 0 radical (unpaired) electrons. The van der Waals surface area contributed by atoms with Crippen LogP contribution in [0.15, 0.2) is 12.3 Å². The lowest BCUT2D eigenvalue weighted by Crippen LogP contribution is -2.14. The van der Waals surface area contributed by atoms with Crippen LogP contribution in [-0.4, -0.2) is 20.3 Å². The van der Waals surface area contributed by atoms with Crippen LogP contribution in [0, 0.1) is 0 Å². The number of hydrogen-bond acceptors (Lipinski definition) is 2. The van der Waals surface area contributed by atoms with Crippen molar-refractivity contribution in [3.63, 3.8) is 0 Å². The quantitative estimate of drug-likeness (QED) is 0.569. The molecule has 0 aromatic heterocycles. The third kappa shape index (κ3) is 5.63. The Morgan fingerprint density at radius 1 is 1.60 bits per heavy atom. The predicted octanol–water partition coefficient (Wildman–Crippen LogP) is 1.54. The third-order valence-corrected chi connectivity index (χ3v) is 1.33. The highest BCUT2D eigenvalue weighted by atomic mass is 16.5. The topological polar surface area (TPSA) is 21.3 Å². The first-order chi connectivity index (χ1) is 4.81. The fraction of sp³-hybridized carbons (Fsp3) is 0.750. The van der Waals surface area contributed by atoms with Crippen molar-refractivity contribution in [2.24, 2.45) is 0 Å². The molecule has 0 bridgehead atoms. The predicted molar refractivity (Wildman–Crippen MR) is 43.9 cm³/mol. The van der Waals surface area contributed by atoms with Crippen molar-refractivity contribution in [1.82, 2.24) is 5.32 Å². The summed E-state index contributed by atoms with van der Waals surface area (Å²) < 4.78 is 4.89. The van der Waals surface area contributed by atoms with Crippen LogP contribution in [0.2, 0.25) is 0 Å². The maximum atomic E-state index is 4.89. The highest BCUT2D eigenvalue weighted by Crippen LogP contribution is 1.89. The maximum Gasteiger partial charge on any atom is 0.0479 e. The van der Waals surface area contributed by atoms with E-state index < -0.39 is 0 Å². The molecule has 2 nitrogen and oxygen atoms in total. The van der Waals surface area contributed by atoms with E-state index in [1.54, 1.807) is 7.11 Å². The lowest BCUT2D eigenvalue weighted by atomic mass is 10.3. The van der Waals surface area contributed by atoms with Crippen molar-refractivity contribution in [3.05, 3.63) is 12.3 Å². The Balaban J connectivity index is 2.96. The summed E-state index contributed by atoms with van der Waals surface area (Å²) in [6.07, 6.45) is 2.06. The van der Waals surface area contributed by atoms with E-state index >= 15 is 0 Å². The monoisotopic (exact) mass is 143 g/mol. The normalized spacial score (nSPS) is 9.40. The number of allylic oxidation sites excluding steroid dienone is 1. The van der Waals surface area contributed by atoms with E-state index in [0.29, 0.717) is 0 Å². The second-order valence-electron chi connectivity index (χ2n) is 2.23. The van der Waals surface area contributed by atoms with Crippen molar-refractivity contribution in [2.45, 2.75) is 19.8 Å². The van der Waals surface area contributed by atoms with Crippen LogP contribution >= 0.6 is 0 Å². The highest BCUT2D eigenvalue weighted by Gasteiger charge is 1.87. The van der Waals surface area contributed by atoms with Gasteiger partial charge in [0.15, 0.2) is 0 Å². The van der Waals surface area contributed by atoms with E-state index in [1.165, 1.54) is 0 Å². The van der Waals surface area contributed by atoms with Crippen molar-refractivity contribution < 1.29 is 4.74 Å². The SMILES string of the molecule is C=C(CC)NCCCOC. The molecule has 0 unspecified atom stereocenters. The Morgan fingerprint density at radius 3 is 2.80 bits per heavy atom. The maximum absolute atomic E-state index is 4.89. The first-order valence-corrected chi connectivity index (χ1v) is 3.71. The Hall–Kier alpha value is -0.500. The van der Waals surface area contributed by atoms with Gasteiger partial charge in [-0.3, -0.25) is 0 Å². The number of methoxy groups -OCH3 is 1. The molecule has 0 spiro atoms. The van der Waals surface area contributed by atoms with Crippen LogP contribution in [0.1, 0.15) is 19.8 Å². The van der Waals surface area contributed by atoms with Gasteiger partial charge in [-0.2, -0.15) is 0 Å². The molecular weight excluding hydrogens is 126 g/mol. The zero-order valence-electron chi connectivity index (χ0n) is 6.94. The summed E-state index contributed by atoms with van der Waals surface area (Å²) in [6, 6.07) is 0. The van der Waals surface area contributed by atoms with Gasteiger partial charge in [-0.1, -0.05) is 13.5 Å². The largest absolute Gasteiger partial charge is 0.389 e. The fourth-order valence-electron chi connectivity index (χ4n) is 0.607. The van der Waals surface area contributed by atoms with Gasteiger partial charge in [0.25, 0.3) is 0 Å². The smallest absolute Gasteiger partial charge is 0.0479 e. The average molecular weight is 143 g/mol. The van der Waals surface area contributed by atoms with Crippen molar-refractivity contribution in [1.29, 1.82) is 0 Å². The zero-order chi connectivity index (χ0) is 7.82. The molecule has 0 amide bonds. The van der Waals surface area contributed by atoms with Gasteiger partial charge < -0.3 is 10.1 Å². The first kappa shape index (κ1) is 9.50. The lowest BCUT2D eigenvalue weighted by Gasteiger charge is -2.05. The molecule has 0 heterocycles. The summed E-state index contributed by atoms with van der Waals surface area (Å²) in [7, 11) is 1.72. The molecule has 0 aliphatic rings. The van der Waals surface area contributed by atoms with Gasteiger partial charge in [0.2, 0.25) is 0 Å². The van der Waals surface area contributed by atoms with Crippen molar-refractivity contribution >= 4 is 0 Å². The minimum Gasteiger partial charge on any atom is -0.389 e. The molecule has 0 saturated heterocycles. The molecular formula is C8H17NO.